The van der Waals surface area contributed by atoms with Crippen molar-refractivity contribution in [1.82, 2.24) is 0 Å². The van der Waals surface area contributed by atoms with E-state index in [1.165, 1.54) is 0 Å². The molecule has 0 heterocycles. The lowest BCUT2D eigenvalue weighted by Crippen LogP contribution is -2.34. The number of esters is 2. The number of benzene rings is 3. The summed E-state index contributed by atoms with van der Waals surface area (Å²) in [6.45, 7) is 0. The highest BCUT2D eigenvalue weighted by atomic mass is 35.5. The number of hydrogen-bond acceptors (Lipinski definition) is 6. The number of fused-ring (bicyclic) bond motifs is 2. The minimum absolute atomic E-state index is 0.138. The third-order valence-electron chi connectivity index (χ3n) is 7.41. The quantitative estimate of drug-likeness (QED) is 0.171. The zero-order chi connectivity index (χ0) is 27.7. The molecule has 2 aliphatic rings. The van der Waals surface area contributed by atoms with Crippen molar-refractivity contribution in [3.8, 4) is 11.5 Å². The van der Waals surface area contributed by atoms with Gasteiger partial charge in [-0.2, -0.15) is 0 Å². The Labute approximate surface area is 228 Å². The number of ether oxygens (including phenoxy) is 2. The average Bonchev–Trinajstić information content (AvgIpc) is 2.94. The lowest BCUT2D eigenvalue weighted by Gasteiger charge is -2.25. The SMILES string of the molecule is O=C(O)C1CC=CCC1C(=O)Oc1c2ccccc2c(OC(=O)C2CC=CCC2C(=O)O)c2c(Cl)cccc12. The second kappa shape index (κ2) is 10.9. The first-order valence-corrected chi connectivity index (χ1v) is 13.0. The smallest absolute Gasteiger partial charge is 0.315 e. The topological polar surface area (TPSA) is 127 Å². The van der Waals surface area contributed by atoms with Gasteiger partial charge in [-0.25, -0.2) is 0 Å². The van der Waals surface area contributed by atoms with Gasteiger partial charge >= 0.3 is 23.9 Å². The Morgan fingerprint density at radius 1 is 0.615 bits per heavy atom. The number of aliphatic carboxylic acids is 2. The van der Waals surface area contributed by atoms with Gasteiger partial charge < -0.3 is 19.7 Å². The van der Waals surface area contributed by atoms with Crippen molar-refractivity contribution in [3.05, 3.63) is 71.8 Å². The van der Waals surface area contributed by atoms with Gasteiger partial charge in [0.15, 0.2) is 0 Å². The largest absolute Gasteiger partial charge is 0.481 e. The number of rotatable bonds is 6. The molecule has 5 rings (SSSR count). The van der Waals surface area contributed by atoms with Crippen molar-refractivity contribution in [1.29, 1.82) is 0 Å². The fourth-order valence-corrected chi connectivity index (χ4v) is 5.63. The molecule has 9 heteroatoms. The van der Waals surface area contributed by atoms with Gasteiger partial charge in [0, 0.05) is 21.5 Å². The third-order valence-corrected chi connectivity index (χ3v) is 7.73. The molecule has 4 unspecified atom stereocenters. The molecule has 0 aliphatic heterocycles. The van der Waals surface area contributed by atoms with E-state index in [1.807, 2.05) is 0 Å². The molecule has 0 fully saturated rings. The number of allylic oxidation sites excluding steroid dienone is 4. The first kappa shape index (κ1) is 26.4. The summed E-state index contributed by atoms with van der Waals surface area (Å²) in [6, 6.07) is 11.8. The highest BCUT2D eigenvalue weighted by molar-refractivity contribution is 6.37. The van der Waals surface area contributed by atoms with Crippen LogP contribution in [0.25, 0.3) is 21.5 Å². The number of carbonyl (C=O) groups is 4. The molecule has 0 spiro atoms. The summed E-state index contributed by atoms with van der Waals surface area (Å²) in [6.07, 6.45) is 7.94. The van der Waals surface area contributed by atoms with Gasteiger partial charge in [-0.3, -0.25) is 19.2 Å². The summed E-state index contributed by atoms with van der Waals surface area (Å²) >= 11 is 6.61. The molecular weight excluding hydrogens is 524 g/mol. The summed E-state index contributed by atoms with van der Waals surface area (Å²) in [7, 11) is 0. The van der Waals surface area contributed by atoms with Crippen LogP contribution in [-0.2, 0) is 19.2 Å². The van der Waals surface area contributed by atoms with Crippen LogP contribution in [0.15, 0.2) is 66.8 Å². The van der Waals surface area contributed by atoms with E-state index in [1.54, 1.807) is 66.8 Å². The second-order valence-corrected chi connectivity index (χ2v) is 10.1. The molecule has 0 radical (unpaired) electrons. The molecule has 0 saturated heterocycles. The lowest BCUT2D eigenvalue weighted by atomic mass is 9.83. The van der Waals surface area contributed by atoms with Crippen molar-refractivity contribution in [3.63, 3.8) is 0 Å². The first-order chi connectivity index (χ1) is 18.8. The standard InChI is InChI=1S/C30H25ClO8/c31-23-15-7-14-22-24(23)26(39-30(37)21-13-6-4-11-19(21)28(34)35)17-9-2-1-8-16(17)25(22)38-29(36)20-12-5-3-10-18(20)27(32)33/h1-9,14-15,18-21H,10-13H2,(H,32,33)(H,34,35). The van der Waals surface area contributed by atoms with Crippen LogP contribution in [0.3, 0.4) is 0 Å². The van der Waals surface area contributed by atoms with E-state index in [2.05, 4.69) is 0 Å². The van der Waals surface area contributed by atoms with E-state index in [0.29, 0.717) is 21.5 Å². The molecule has 0 saturated carbocycles. The van der Waals surface area contributed by atoms with E-state index < -0.39 is 47.5 Å². The van der Waals surface area contributed by atoms with Crippen LogP contribution < -0.4 is 9.47 Å². The first-order valence-electron chi connectivity index (χ1n) is 12.6. The van der Waals surface area contributed by atoms with Crippen molar-refractivity contribution >= 4 is 57.0 Å². The van der Waals surface area contributed by atoms with Crippen LogP contribution in [0.5, 0.6) is 11.5 Å². The maximum absolute atomic E-state index is 13.3. The molecule has 0 aromatic heterocycles. The van der Waals surface area contributed by atoms with Gasteiger partial charge in [0.05, 0.1) is 28.7 Å². The summed E-state index contributed by atoms with van der Waals surface area (Å²) in [5.74, 6) is -6.78. The van der Waals surface area contributed by atoms with Crippen molar-refractivity contribution in [2.24, 2.45) is 23.7 Å². The Morgan fingerprint density at radius 2 is 1.05 bits per heavy atom. The third kappa shape index (κ3) is 5.00. The molecule has 3 aromatic carbocycles. The molecule has 200 valence electrons. The van der Waals surface area contributed by atoms with Gasteiger partial charge in [0.2, 0.25) is 0 Å². The van der Waals surface area contributed by atoms with Crippen molar-refractivity contribution in [2.45, 2.75) is 25.7 Å². The number of hydrogen-bond donors (Lipinski definition) is 2. The van der Waals surface area contributed by atoms with Crippen LogP contribution in [0, 0.1) is 23.7 Å². The average molecular weight is 549 g/mol. The molecule has 2 N–H and O–H groups in total. The predicted octanol–water partition coefficient (Wildman–Crippen LogP) is 5.79. The van der Waals surface area contributed by atoms with Crippen LogP contribution >= 0.6 is 11.6 Å². The minimum Gasteiger partial charge on any atom is -0.481 e. The summed E-state index contributed by atoms with van der Waals surface area (Å²) in [5.41, 5.74) is 0. The van der Waals surface area contributed by atoms with E-state index in [9.17, 15) is 29.4 Å². The van der Waals surface area contributed by atoms with Gasteiger partial charge in [-0.15, -0.1) is 0 Å². The summed E-state index contributed by atoms with van der Waals surface area (Å²) in [4.78, 5) is 50.2. The Hall–Kier alpha value is -4.17. The van der Waals surface area contributed by atoms with Gasteiger partial charge in [-0.05, 0) is 31.7 Å². The minimum atomic E-state index is -1.08. The molecule has 2 aliphatic carbocycles. The molecular formula is C30H25ClO8. The molecule has 4 atom stereocenters. The number of carboxylic acid groups (broad SMARTS) is 2. The zero-order valence-electron chi connectivity index (χ0n) is 20.7. The molecule has 0 bridgehead atoms. The normalized spacial score (nSPS) is 22.5. The van der Waals surface area contributed by atoms with Crippen LogP contribution in [0.1, 0.15) is 25.7 Å². The maximum Gasteiger partial charge on any atom is 0.315 e. The summed E-state index contributed by atoms with van der Waals surface area (Å²) < 4.78 is 11.8. The maximum atomic E-state index is 13.3. The van der Waals surface area contributed by atoms with E-state index in [-0.39, 0.29) is 42.2 Å². The van der Waals surface area contributed by atoms with Crippen molar-refractivity contribution in [2.75, 3.05) is 0 Å². The molecule has 3 aromatic rings. The highest BCUT2D eigenvalue weighted by Gasteiger charge is 2.38. The predicted molar refractivity (Wildman–Crippen MR) is 144 cm³/mol. The molecule has 0 amide bonds. The number of halogens is 1. The molecule has 39 heavy (non-hydrogen) atoms. The van der Waals surface area contributed by atoms with Gasteiger partial charge in [-0.1, -0.05) is 72.3 Å². The highest BCUT2D eigenvalue weighted by Crippen LogP contribution is 2.46. The fourth-order valence-electron chi connectivity index (χ4n) is 5.37. The number of carboxylic acids is 2. The second-order valence-electron chi connectivity index (χ2n) is 9.70. The summed E-state index contributed by atoms with van der Waals surface area (Å²) in [5, 5.41) is 21.1. The van der Waals surface area contributed by atoms with Crippen molar-refractivity contribution < 1.29 is 38.9 Å². The Balaban J connectivity index is 1.61. The lowest BCUT2D eigenvalue weighted by molar-refractivity contribution is -0.152. The molecule has 8 nitrogen and oxygen atoms in total. The number of carbonyl (C=O) groups excluding carboxylic acids is 2. The Morgan fingerprint density at radius 3 is 1.56 bits per heavy atom. The Bertz CT molecular complexity index is 1560. The van der Waals surface area contributed by atoms with Crippen LogP contribution in [-0.4, -0.2) is 34.1 Å². The zero-order valence-corrected chi connectivity index (χ0v) is 21.5. The van der Waals surface area contributed by atoms with Crippen LogP contribution in [0.4, 0.5) is 0 Å². The van der Waals surface area contributed by atoms with E-state index in [0.717, 1.165) is 0 Å². The van der Waals surface area contributed by atoms with E-state index >= 15 is 0 Å². The van der Waals surface area contributed by atoms with Gasteiger partial charge in [0.25, 0.3) is 0 Å². The van der Waals surface area contributed by atoms with Gasteiger partial charge in [0.1, 0.15) is 11.5 Å². The Kier molecular flexibility index (Phi) is 7.39. The van der Waals surface area contributed by atoms with E-state index in [4.69, 9.17) is 21.1 Å². The van der Waals surface area contributed by atoms with Crippen LogP contribution in [0.2, 0.25) is 5.02 Å². The fraction of sp³-hybridized carbons (Fsp3) is 0.267. The monoisotopic (exact) mass is 548 g/mol.